The van der Waals surface area contributed by atoms with Crippen LogP contribution in [-0.2, 0) is 6.18 Å². The summed E-state index contributed by atoms with van der Waals surface area (Å²) in [6.07, 6.45) is -10.2. The van der Waals surface area contributed by atoms with Gasteiger partial charge < -0.3 is 4.74 Å². The van der Waals surface area contributed by atoms with Crippen molar-refractivity contribution in [2.75, 3.05) is 0 Å². The van der Waals surface area contributed by atoms with Gasteiger partial charge in [-0.1, -0.05) is 17.7 Å². The second-order valence-corrected chi connectivity index (χ2v) is 3.07. The molecule has 1 aromatic rings. The predicted octanol–water partition coefficient (Wildman–Crippen LogP) is 4.26. The Morgan fingerprint density at radius 1 is 1.00 bits per heavy atom. The third-order valence-corrected chi connectivity index (χ3v) is 1.79. The lowest BCUT2D eigenvalue weighted by Gasteiger charge is -2.16. The van der Waals surface area contributed by atoms with E-state index in [9.17, 15) is 26.3 Å². The monoisotopic (exact) mass is 264 g/mol. The molecule has 0 saturated carbocycles. The van der Waals surface area contributed by atoms with Gasteiger partial charge in [-0.3, -0.25) is 0 Å². The van der Waals surface area contributed by atoms with Gasteiger partial charge in [0.15, 0.2) is 5.75 Å². The highest BCUT2D eigenvalue weighted by atomic mass is 35.5. The number of halogens is 7. The molecule has 1 aromatic carbocycles. The molecule has 0 spiro atoms. The zero-order valence-corrected chi connectivity index (χ0v) is 8.04. The molecule has 0 saturated heterocycles. The van der Waals surface area contributed by atoms with Crippen molar-refractivity contribution >= 4 is 11.6 Å². The van der Waals surface area contributed by atoms with Crippen LogP contribution in [0.4, 0.5) is 26.3 Å². The van der Waals surface area contributed by atoms with Gasteiger partial charge in [0, 0.05) is 0 Å². The third-order valence-electron chi connectivity index (χ3n) is 1.49. The Kier molecular flexibility index (Phi) is 3.27. The summed E-state index contributed by atoms with van der Waals surface area (Å²) in [5.41, 5.74) is -1.57. The van der Waals surface area contributed by atoms with Crippen LogP contribution in [0.15, 0.2) is 18.2 Å². The lowest BCUT2D eigenvalue weighted by atomic mass is 10.2. The Labute approximate surface area is 90.6 Å². The number of ether oxygens (including phenoxy) is 1. The zero-order valence-electron chi connectivity index (χ0n) is 7.29. The van der Waals surface area contributed by atoms with Crippen molar-refractivity contribution in [3.05, 3.63) is 28.8 Å². The molecular weight excluding hydrogens is 262 g/mol. The van der Waals surface area contributed by atoms with Gasteiger partial charge in [0.2, 0.25) is 0 Å². The summed E-state index contributed by atoms with van der Waals surface area (Å²) in [6, 6.07) is 2.21. The standard InChI is InChI=1S/C8H3ClF6O/c9-5-3-1-2-4(7(10,11)12)6(5)16-8(13,14)15/h1-3H. The first-order valence-electron chi connectivity index (χ1n) is 3.73. The molecule has 90 valence electrons. The molecule has 0 heterocycles. The molecule has 0 aliphatic rings. The second-order valence-electron chi connectivity index (χ2n) is 2.66. The van der Waals surface area contributed by atoms with Crippen LogP contribution in [0.5, 0.6) is 5.75 Å². The minimum absolute atomic E-state index is 0.451. The fraction of sp³-hybridized carbons (Fsp3) is 0.250. The maximum Gasteiger partial charge on any atom is 0.573 e. The predicted molar refractivity (Wildman–Crippen MR) is 43.1 cm³/mol. The number of para-hydroxylation sites is 1. The smallest absolute Gasteiger partial charge is 0.404 e. The molecule has 0 unspecified atom stereocenters. The van der Waals surface area contributed by atoms with Crippen molar-refractivity contribution in [3.8, 4) is 5.75 Å². The first-order valence-corrected chi connectivity index (χ1v) is 4.10. The molecule has 8 heteroatoms. The zero-order chi connectivity index (χ0) is 12.6. The van der Waals surface area contributed by atoms with Crippen LogP contribution in [0.25, 0.3) is 0 Å². The summed E-state index contributed by atoms with van der Waals surface area (Å²) in [6.45, 7) is 0. The maximum atomic E-state index is 12.3. The van der Waals surface area contributed by atoms with E-state index in [4.69, 9.17) is 11.6 Å². The highest BCUT2D eigenvalue weighted by Gasteiger charge is 2.40. The molecule has 0 amide bonds. The van der Waals surface area contributed by atoms with Crippen LogP contribution in [0, 0.1) is 0 Å². The van der Waals surface area contributed by atoms with Gasteiger partial charge in [-0.05, 0) is 12.1 Å². The molecule has 0 atom stereocenters. The molecule has 0 aliphatic carbocycles. The number of hydrogen-bond donors (Lipinski definition) is 0. The highest BCUT2D eigenvalue weighted by molar-refractivity contribution is 6.32. The minimum atomic E-state index is -5.23. The molecule has 0 aromatic heterocycles. The highest BCUT2D eigenvalue weighted by Crippen LogP contribution is 2.42. The van der Waals surface area contributed by atoms with Gasteiger partial charge in [0.05, 0.1) is 10.6 Å². The van der Waals surface area contributed by atoms with E-state index in [1.165, 1.54) is 0 Å². The number of rotatable bonds is 1. The van der Waals surface area contributed by atoms with Crippen LogP contribution < -0.4 is 4.74 Å². The first kappa shape index (κ1) is 13.0. The number of benzene rings is 1. The fourth-order valence-corrected chi connectivity index (χ4v) is 1.16. The van der Waals surface area contributed by atoms with Crippen LogP contribution in [0.2, 0.25) is 5.02 Å². The second kappa shape index (κ2) is 4.04. The first-order chi connectivity index (χ1) is 7.11. The largest absolute Gasteiger partial charge is 0.573 e. The number of alkyl halides is 6. The molecular formula is C8H3ClF6O. The van der Waals surface area contributed by atoms with Crippen LogP contribution in [0.1, 0.15) is 5.56 Å². The van der Waals surface area contributed by atoms with Crippen LogP contribution in [-0.4, -0.2) is 6.36 Å². The van der Waals surface area contributed by atoms with E-state index in [1.807, 2.05) is 0 Å². The van der Waals surface area contributed by atoms with E-state index >= 15 is 0 Å². The van der Waals surface area contributed by atoms with Gasteiger partial charge in [0.25, 0.3) is 0 Å². The quantitative estimate of drug-likeness (QED) is 0.689. The molecule has 16 heavy (non-hydrogen) atoms. The summed E-state index contributed by atoms with van der Waals surface area (Å²) in [7, 11) is 0. The van der Waals surface area contributed by atoms with E-state index < -0.39 is 28.9 Å². The van der Waals surface area contributed by atoms with E-state index in [1.54, 1.807) is 0 Å². The third kappa shape index (κ3) is 3.19. The van der Waals surface area contributed by atoms with Crippen molar-refractivity contribution in [2.24, 2.45) is 0 Å². The summed E-state index contributed by atoms with van der Waals surface area (Å²) >= 11 is 5.22. The van der Waals surface area contributed by atoms with Gasteiger partial charge in [-0.15, -0.1) is 13.2 Å². The van der Waals surface area contributed by atoms with E-state index in [-0.39, 0.29) is 0 Å². The Bertz CT molecular complexity index is 383. The average molecular weight is 265 g/mol. The molecule has 0 bridgehead atoms. The minimum Gasteiger partial charge on any atom is -0.404 e. The molecule has 0 aliphatic heterocycles. The number of hydrogen-bond acceptors (Lipinski definition) is 1. The van der Waals surface area contributed by atoms with E-state index in [0.29, 0.717) is 6.07 Å². The van der Waals surface area contributed by atoms with Crippen molar-refractivity contribution < 1.29 is 31.1 Å². The SMILES string of the molecule is FC(F)(F)Oc1c(Cl)cccc1C(F)(F)F. The van der Waals surface area contributed by atoms with Crippen molar-refractivity contribution in [1.29, 1.82) is 0 Å². The lowest BCUT2D eigenvalue weighted by molar-refractivity contribution is -0.276. The van der Waals surface area contributed by atoms with Gasteiger partial charge in [-0.2, -0.15) is 13.2 Å². The van der Waals surface area contributed by atoms with E-state index in [2.05, 4.69) is 4.74 Å². The van der Waals surface area contributed by atoms with Crippen molar-refractivity contribution in [1.82, 2.24) is 0 Å². The van der Waals surface area contributed by atoms with Crippen LogP contribution >= 0.6 is 11.6 Å². The molecule has 0 N–H and O–H groups in total. The summed E-state index contributed by atoms with van der Waals surface area (Å²) in [5, 5.41) is -0.757. The summed E-state index contributed by atoms with van der Waals surface area (Å²) in [5.74, 6) is -1.44. The topological polar surface area (TPSA) is 9.23 Å². The Morgan fingerprint density at radius 2 is 1.56 bits per heavy atom. The Morgan fingerprint density at radius 3 is 2.00 bits per heavy atom. The molecule has 0 radical (unpaired) electrons. The van der Waals surface area contributed by atoms with Crippen molar-refractivity contribution in [3.63, 3.8) is 0 Å². The van der Waals surface area contributed by atoms with Crippen LogP contribution in [0.3, 0.4) is 0 Å². The molecule has 1 rings (SSSR count). The normalized spacial score (nSPS) is 12.7. The Balaban J connectivity index is 3.25. The Hall–Kier alpha value is -1.11. The maximum absolute atomic E-state index is 12.3. The van der Waals surface area contributed by atoms with Gasteiger partial charge >= 0.3 is 12.5 Å². The molecule has 0 fully saturated rings. The fourth-order valence-electron chi connectivity index (χ4n) is 0.952. The molecule has 1 nitrogen and oxygen atoms in total. The summed E-state index contributed by atoms with van der Waals surface area (Å²) < 4.78 is 75.7. The van der Waals surface area contributed by atoms with Gasteiger partial charge in [0.1, 0.15) is 0 Å². The van der Waals surface area contributed by atoms with Gasteiger partial charge in [-0.25, -0.2) is 0 Å². The van der Waals surface area contributed by atoms with Crippen molar-refractivity contribution in [2.45, 2.75) is 12.5 Å². The lowest BCUT2D eigenvalue weighted by Crippen LogP contribution is -2.20. The average Bonchev–Trinajstić information content (AvgIpc) is 2.04. The summed E-state index contributed by atoms with van der Waals surface area (Å²) in [4.78, 5) is 0. The van der Waals surface area contributed by atoms with E-state index in [0.717, 1.165) is 12.1 Å².